The number of guanidine groups is 1. The Hall–Kier alpha value is -1.07. The normalized spacial score (nSPS) is 24.0. The second-order valence-electron chi connectivity index (χ2n) is 6.40. The number of aryl methyl sites for hydroxylation is 1. The number of hydrogen-bond acceptors (Lipinski definition) is 3. The summed E-state index contributed by atoms with van der Waals surface area (Å²) in [5, 5.41) is 3.53. The summed E-state index contributed by atoms with van der Waals surface area (Å²) in [5.41, 5.74) is 0. The first-order chi connectivity index (χ1) is 10.8. The minimum Gasteiger partial charge on any atom is -0.351 e. The lowest BCUT2D eigenvalue weighted by Crippen LogP contribution is -2.44. The molecule has 2 aliphatic heterocycles. The van der Waals surface area contributed by atoms with E-state index in [1.165, 1.54) is 48.5 Å². The first-order valence-electron chi connectivity index (χ1n) is 8.51. The lowest BCUT2D eigenvalue weighted by Gasteiger charge is -2.32. The van der Waals surface area contributed by atoms with Crippen molar-refractivity contribution in [3.05, 3.63) is 21.9 Å². The largest absolute Gasteiger partial charge is 0.351 e. The van der Waals surface area contributed by atoms with E-state index in [2.05, 4.69) is 39.2 Å². The molecule has 0 radical (unpaired) electrons. The molecule has 0 saturated carbocycles. The third kappa shape index (κ3) is 3.82. The van der Waals surface area contributed by atoms with Crippen molar-refractivity contribution in [3.63, 3.8) is 0 Å². The van der Waals surface area contributed by atoms with Crippen LogP contribution in [0.25, 0.3) is 0 Å². The number of nitrogens with one attached hydrogen (secondary N) is 1. The molecule has 0 bridgehead atoms. The summed E-state index contributed by atoms with van der Waals surface area (Å²) in [6.07, 6.45) is 5.44. The van der Waals surface area contributed by atoms with Gasteiger partial charge in [0, 0.05) is 35.9 Å². The second kappa shape index (κ2) is 7.47. The maximum atomic E-state index is 4.49. The van der Waals surface area contributed by atoms with E-state index in [-0.39, 0.29) is 0 Å². The number of hydrogen-bond donors (Lipinski definition) is 1. The van der Waals surface area contributed by atoms with Gasteiger partial charge in [-0.2, -0.15) is 0 Å². The van der Waals surface area contributed by atoms with Crippen molar-refractivity contribution in [3.8, 4) is 0 Å². The van der Waals surface area contributed by atoms with Crippen LogP contribution in [0.5, 0.6) is 0 Å². The van der Waals surface area contributed by atoms with Crippen LogP contribution < -0.4 is 5.32 Å². The predicted molar refractivity (Wildman–Crippen MR) is 94.7 cm³/mol. The molecule has 0 amide bonds. The summed E-state index contributed by atoms with van der Waals surface area (Å²) in [4.78, 5) is 12.4. The summed E-state index contributed by atoms with van der Waals surface area (Å²) in [5.74, 6) is 1.06. The molecule has 1 unspecified atom stereocenters. The quantitative estimate of drug-likeness (QED) is 0.686. The van der Waals surface area contributed by atoms with Crippen molar-refractivity contribution in [2.45, 2.75) is 45.2 Å². The Kier molecular flexibility index (Phi) is 5.37. The van der Waals surface area contributed by atoms with Gasteiger partial charge in [0.1, 0.15) is 0 Å². The molecule has 4 nitrogen and oxygen atoms in total. The Morgan fingerprint density at radius 1 is 1.27 bits per heavy atom. The van der Waals surface area contributed by atoms with Crippen molar-refractivity contribution >= 4 is 17.3 Å². The highest BCUT2D eigenvalue weighted by Gasteiger charge is 2.29. The molecule has 22 heavy (non-hydrogen) atoms. The highest BCUT2D eigenvalue weighted by atomic mass is 32.1. The molecular formula is C17H28N4S. The molecule has 2 fully saturated rings. The van der Waals surface area contributed by atoms with Gasteiger partial charge in [-0.15, -0.1) is 11.3 Å². The Morgan fingerprint density at radius 3 is 2.77 bits per heavy atom. The summed E-state index contributed by atoms with van der Waals surface area (Å²) < 4.78 is 0. The van der Waals surface area contributed by atoms with Crippen LogP contribution >= 0.6 is 11.3 Å². The topological polar surface area (TPSA) is 30.9 Å². The first kappa shape index (κ1) is 15.8. The van der Waals surface area contributed by atoms with Gasteiger partial charge in [-0.05, 0) is 51.4 Å². The van der Waals surface area contributed by atoms with Gasteiger partial charge in [0.25, 0.3) is 0 Å². The van der Waals surface area contributed by atoms with Gasteiger partial charge in [-0.25, -0.2) is 0 Å². The number of piperidine rings is 1. The standard InChI is InChI=1S/C17H28N4S/c1-14-6-7-16(22-14)12-19-17(18-2)21-11-8-15(13-21)20-9-4-3-5-10-20/h6-7,15H,3-5,8-13H2,1-2H3,(H,18,19). The maximum absolute atomic E-state index is 4.49. The van der Waals surface area contributed by atoms with Crippen LogP contribution in [0.1, 0.15) is 35.4 Å². The monoisotopic (exact) mass is 320 g/mol. The Bertz CT molecular complexity index is 505. The van der Waals surface area contributed by atoms with Crippen molar-refractivity contribution in [2.24, 2.45) is 4.99 Å². The number of nitrogens with zero attached hydrogens (tertiary/aromatic N) is 3. The highest BCUT2D eigenvalue weighted by Crippen LogP contribution is 2.20. The molecule has 122 valence electrons. The molecule has 0 aromatic carbocycles. The van der Waals surface area contributed by atoms with Crippen LogP contribution in [0, 0.1) is 6.92 Å². The molecular weight excluding hydrogens is 292 g/mol. The number of likely N-dealkylation sites (tertiary alicyclic amines) is 2. The van der Waals surface area contributed by atoms with Gasteiger partial charge in [-0.3, -0.25) is 9.89 Å². The number of thiophene rings is 1. The van der Waals surface area contributed by atoms with E-state index < -0.39 is 0 Å². The summed E-state index contributed by atoms with van der Waals surface area (Å²) >= 11 is 1.86. The molecule has 1 atom stereocenters. The van der Waals surface area contributed by atoms with Crippen LogP contribution in [0.3, 0.4) is 0 Å². The molecule has 1 N–H and O–H groups in total. The van der Waals surface area contributed by atoms with Crippen molar-refractivity contribution in [1.82, 2.24) is 15.1 Å². The Labute approximate surface area is 138 Å². The zero-order chi connectivity index (χ0) is 15.4. The van der Waals surface area contributed by atoms with Crippen molar-refractivity contribution in [2.75, 3.05) is 33.2 Å². The third-order valence-electron chi connectivity index (χ3n) is 4.80. The molecule has 1 aromatic heterocycles. The van der Waals surface area contributed by atoms with Gasteiger partial charge in [-0.1, -0.05) is 6.42 Å². The fourth-order valence-corrected chi connectivity index (χ4v) is 4.42. The van der Waals surface area contributed by atoms with E-state index in [9.17, 15) is 0 Å². The molecule has 0 spiro atoms. The Balaban J connectivity index is 1.51. The predicted octanol–water partition coefficient (Wildman–Crippen LogP) is 2.69. The molecule has 2 aliphatic rings. The highest BCUT2D eigenvalue weighted by molar-refractivity contribution is 7.11. The van der Waals surface area contributed by atoms with E-state index in [1.54, 1.807) is 0 Å². The first-order valence-corrected chi connectivity index (χ1v) is 9.33. The van der Waals surface area contributed by atoms with Crippen LogP contribution in [0.4, 0.5) is 0 Å². The van der Waals surface area contributed by atoms with Crippen LogP contribution in [0.2, 0.25) is 0 Å². The smallest absolute Gasteiger partial charge is 0.193 e. The van der Waals surface area contributed by atoms with Gasteiger partial charge in [0.2, 0.25) is 0 Å². The zero-order valence-corrected chi connectivity index (χ0v) is 14.7. The lowest BCUT2D eigenvalue weighted by atomic mass is 10.1. The summed E-state index contributed by atoms with van der Waals surface area (Å²) in [6.45, 7) is 7.88. The van der Waals surface area contributed by atoms with Gasteiger partial charge >= 0.3 is 0 Å². The zero-order valence-electron chi connectivity index (χ0n) is 13.8. The Morgan fingerprint density at radius 2 is 2.09 bits per heavy atom. The SMILES string of the molecule is CN=C(NCc1ccc(C)s1)N1CCC(N2CCCCC2)C1. The van der Waals surface area contributed by atoms with E-state index in [0.717, 1.165) is 31.6 Å². The number of aliphatic imine (C=N–C) groups is 1. The number of rotatable bonds is 3. The van der Waals surface area contributed by atoms with Gasteiger partial charge in [0.05, 0.1) is 6.54 Å². The van der Waals surface area contributed by atoms with Crippen LogP contribution in [-0.4, -0.2) is 55.0 Å². The molecule has 0 aliphatic carbocycles. The molecule has 2 saturated heterocycles. The van der Waals surface area contributed by atoms with E-state index in [1.807, 2.05) is 18.4 Å². The van der Waals surface area contributed by atoms with Crippen molar-refractivity contribution in [1.29, 1.82) is 0 Å². The van der Waals surface area contributed by atoms with E-state index in [0.29, 0.717) is 0 Å². The van der Waals surface area contributed by atoms with Crippen LogP contribution in [-0.2, 0) is 6.54 Å². The van der Waals surface area contributed by atoms with E-state index >= 15 is 0 Å². The minimum atomic E-state index is 0.725. The molecule has 5 heteroatoms. The fourth-order valence-electron chi connectivity index (χ4n) is 3.59. The average Bonchev–Trinajstić information content (AvgIpc) is 3.18. The third-order valence-corrected chi connectivity index (χ3v) is 5.80. The van der Waals surface area contributed by atoms with Gasteiger partial charge in [0.15, 0.2) is 5.96 Å². The van der Waals surface area contributed by atoms with Crippen LogP contribution in [0.15, 0.2) is 17.1 Å². The molecule has 1 aromatic rings. The van der Waals surface area contributed by atoms with Crippen molar-refractivity contribution < 1.29 is 0 Å². The lowest BCUT2D eigenvalue weighted by molar-refractivity contribution is 0.168. The minimum absolute atomic E-state index is 0.725. The molecule has 3 rings (SSSR count). The average molecular weight is 321 g/mol. The maximum Gasteiger partial charge on any atom is 0.193 e. The fraction of sp³-hybridized carbons (Fsp3) is 0.706. The van der Waals surface area contributed by atoms with E-state index in [4.69, 9.17) is 0 Å². The second-order valence-corrected chi connectivity index (χ2v) is 7.77. The van der Waals surface area contributed by atoms with Gasteiger partial charge < -0.3 is 10.2 Å². The summed E-state index contributed by atoms with van der Waals surface area (Å²) in [7, 11) is 1.90. The summed E-state index contributed by atoms with van der Waals surface area (Å²) in [6, 6.07) is 5.12. The molecule has 3 heterocycles.